The first-order valence-corrected chi connectivity index (χ1v) is 6.28. The maximum Gasteiger partial charge on any atom is 0.123 e. The van der Waals surface area contributed by atoms with Gasteiger partial charge in [-0.25, -0.2) is 4.39 Å². The molecule has 0 bridgehead atoms. The first kappa shape index (κ1) is 13.6. The number of likely N-dealkylation sites (N-methyl/N-ethyl adjacent to an activating group) is 1. The van der Waals surface area contributed by atoms with Crippen molar-refractivity contribution in [3.05, 3.63) is 65.5 Å². The fourth-order valence-electron chi connectivity index (χ4n) is 2.12. The normalized spacial score (nSPS) is 12.2. The zero-order chi connectivity index (χ0) is 13.8. The Hall–Kier alpha value is -1.87. The van der Waals surface area contributed by atoms with Crippen LogP contribution < -0.4 is 4.90 Å². The molecular formula is C16H18FNO. The monoisotopic (exact) mass is 259 g/mol. The van der Waals surface area contributed by atoms with Gasteiger partial charge in [0.05, 0.1) is 6.10 Å². The number of aryl methyl sites for hydroxylation is 1. The van der Waals surface area contributed by atoms with Gasteiger partial charge in [-0.15, -0.1) is 0 Å². The fourth-order valence-corrected chi connectivity index (χ4v) is 2.12. The number of nitrogens with zero attached hydrogens (tertiary/aromatic N) is 1. The lowest BCUT2D eigenvalue weighted by Crippen LogP contribution is -2.24. The molecule has 0 fully saturated rings. The topological polar surface area (TPSA) is 23.5 Å². The lowest BCUT2D eigenvalue weighted by Gasteiger charge is -2.23. The summed E-state index contributed by atoms with van der Waals surface area (Å²) >= 11 is 0. The van der Waals surface area contributed by atoms with Crippen molar-refractivity contribution in [2.45, 2.75) is 13.0 Å². The van der Waals surface area contributed by atoms with E-state index in [-0.39, 0.29) is 5.82 Å². The van der Waals surface area contributed by atoms with E-state index >= 15 is 0 Å². The number of benzene rings is 2. The van der Waals surface area contributed by atoms with Gasteiger partial charge < -0.3 is 10.0 Å². The molecular weight excluding hydrogens is 241 g/mol. The van der Waals surface area contributed by atoms with Crippen LogP contribution in [-0.4, -0.2) is 18.7 Å². The number of anilines is 1. The Morgan fingerprint density at radius 3 is 2.37 bits per heavy atom. The second-order valence-electron chi connectivity index (χ2n) is 4.73. The molecule has 0 saturated carbocycles. The van der Waals surface area contributed by atoms with E-state index in [1.807, 2.05) is 43.1 Å². The highest BCUT2D eigenvalue weighted by Crippen LogP contribution is 2.21. The molecule has 1 unspecified atom stereocenters. The number of halogens is 1. The molecule has 0 aliphatic rings. The maximum absolute atomic E-state index is 12.9. The number of aliphatic hydroxyl groups is 1. The first-order valence-electron chi connectivity index (χ1n) is 6.28. The molecule has 2 aromatic rings. The lowest BCUT2D eigenvalue weighted by atomic mass is 10.0. The summed E-state index contributed by atoms with van der Waals surface area (Å²) in [7, 11) is 1.88. The van der Waals surface area contributed by atoms with Gasteiger partial charge >= 0.3 is 0 Å². The Balaban J connectivity index is 2.08. The summed E-state index contributed by atoms with van der Waals surface area (Å²) in [5.74, 6) is -0.253. The van der Waals surface area contributed by atoms with Gasteiger partial charge in [0.15, 0.2) is 0 Å². The third-order valence-electron chi connectivity index (χ3n) is 3.26. The van der Waals surface area contributed by atoms with Crippen molar-refractivity contribution in [2.75, 3.05) is 18.5 Å². The molecule has 0 heterocycles. The number of aliphatic hydroxyl groups excluding tert-OH is 1. The zero-order valence-electron chi connectivity index (χ0n) is 11.2. The van der Waals surface area contributed by atoms with E-state index in [4.69, 9.17) is 0 Å². The summed E-state index contributed by atoms with van der Waals surface area (Å²) in [6.45, 7) is 2.45. The lowest BCUT2D eigenvalue weighted by molar-refractivity contribution is 0.184. The van der Waals surface area contributed by atoms with Gasteiger partial charge in [-0.2, -0.15) is 0 Å². The minimum atomic E-state index is -0.559. The molecule has 100 valence electrons. The van der Waals surface area contributed by atoms with E-state index in [0.717, 1.165) is 16.8 Å². The van der Waals surface area contributed by atoms with Crippen molar-refractivity contribution in [1.29, 1.82) is 0 Å². The second-order valence-corrected chi connectivity index (χ2v) is 4.73. The maximum atomic E-state index is 12.9. The first-order chi connectivity index (χ1) is 9.08. The zero-order valence-corrected chi connectivity index (χ0v) is 11.2. The summed E-state index contributed by atoms with van der Waals surface area (Å²) in [5, 5.41) is 10.3. The van der Waals surface area contributed by atoms with E-state index in [9.17, 15) is 9.50 Å². The van der Waals surface area contributed by atoms with Gasteiger partial charge in [0.2, 0.25) is 0 Å². The van der Waals surface area contributed by atoms with Crippen LogP contribution in [0.1, 0.15) is 17.2 Å². The van der Waals surface area contributed by atoms with Crippen molar-refractivity contribution in [3.8, 4) is 0 Å². The summed E-state index contributed by atoms with van der Waals surface area (Å²) in [4.78, 5) is 1.91. The third kappa shape index (κ3) is 3.32. The average Bonchev–Trinajstić information content (AvgIpc) is 2.39. The summed E-state index contributed by atoms with van der Waals surface area (Å²) in [6.07, 6.45) is -0.559. The van der Waals surface area contributed by atoms with Gasteiger partial charge in [0.1, 0.15) is 5.82 Å². The Morgan fingerprint density at radius 1 is 1.11 bits per heavy atom. The average molecular weight is 259 g/mol. The van der Waals surface area contributed by atoms with Crippen molar-refractivity contribution in [2.24, 2.45) is 0 Å². The van der Waals surface area contributed by atoms with Gasteiger partial charge in [-0.1, -0.05) is 24.3 Å². The molecule has 0 radical (unpaired) electrons. The van der Waals surface area contributed by atoms with E-state index in [1.54, 1.807) is 12.1 Å². The predicted octanol–water partition coefficient (Wildman–Crippen LogP) is 3.30. The highest BCUT2D eigenvalue weighted by molar-refractivity contribution is 5.46. The van der Waals surface area contributed by atoms with Crippen LogP contribution in [-0.2, 0) is 0 Å². The Bertz CT molecular complexity index is 539. The van der Waals surface area contributed by atoms with Crippen LogP contribution in [0.5, 0.6) is 0 Å². The SMILES string of the molecule is Cc1ccccc1C(O)CN(C)c1ccc(F)cc1. The van der Waals surface area contributed by atoms with E-state index in [1.165, 1.54) is 12.1 Å². The molecule has 0 aromatic heterocycles. The van der Waals surface area contributed by atoms with Crippen molar-refractivity contribution in [1.82, 2.24) is 0 Å². The molecule has 0 amide bonds. The quantitative estimate of drug-likeness (QED) is 0.910. The van der Waals surface area contributed by atoms with E-state index in [0.29, 0.717) is 6.54 Å². The Labute approximate surface area is 113 Å². The van der Waals surface area contributed by atoms with Crippen molar-refractivity contribution < 1.29 is 9.50 Å². The number of rotatable bonds is 4. The fraction of sp³-hybridized carbons (Fsp3) is 0.250. The van der Waals surface area contributed by atoms with Crippen LogP contribution in [0.2, 0.25) is 0 Å². The molecule has 1 atom stereocenters. The standard InChI is InChI=1S/C16H18FNO/c1-12-5-3-4-6-15(12)16(19)11-18(2)14-9-7-13(17)8-10-14/h3-10,16,19H,11H2,1-2H3. The van der Waals surface area contributed by atoms with Crippen LogP contribution in [0.25, 0.3) is 0 Å². The molecule has 19 heavy (non-hydrogen) atoms. The third-order valence-corrected chi connectivity index (χ3v) is 3.26. The molecule has 2 aromatic carbocycles. The van der Waals surface area contributed by atoms with Crippen molar-refractivity contribution in [3.63, 3.8) is 0 Å². The molecule has 3 heteroatoms. The predicted molar refractivity (Wildman–Crippen MR) is 75.8 cm³/mol. The summed E-state index contributed by atoms with van der Waals surface area (Å²) < 4.78 is 12.9. The minimum absolute atomic E-state index is 0.253. The van der Waals surface area contributed by atoms with Gasteiger partial charge in [0, 0.05) is 19.3 Å². The molecule has 0 spiro atoms. The summed E-state index contributed by atoms with van der Waals surface area (Å²) in [6, 6.07) is 14.0. The van der Waals surface area contributed by atoms with E-state index in [2.05, 4.69) is 0 Å². The highest BCUT2D eigenvalue weighted by atomic mass is 19.1. The van der Waals surface area contributed by atoms with Gasteiger partial charge in [-0.3, -0.25) is 0 Å². The van der Waals surface area contributed by atoms with Crippen LogP contribution in [0, 0.1) is 12.7 Å². The number of hydrogen-bond acceptors (Lipinski definition) is 2. The largest absolute Gasteiger partial charge is 0.387 e. The Morgan fingerprint density at radius 2 is 1.74 bits per heavy atom. The molecule has 2 rings (SSSR count). The van der Waals surface area contributed by atoms with Gasteiger partial charge in [-0.05, 0) is 42.3 Å². The van der Waals surface area contributed by atoms with Crippen LogP contribution >= 0.6 is 0 Å². The molecule has 2 nitrogen and oxygen atoms in total. The molecule has 1 N–H and O–H groups in total. The van der Waals surface area contributed by atoms with Gasteiger partial charge in [0.25, 0.3) is 0 Å². The van der Waals surface area contributed by atoms with Crippen LogP contribution in [0.3, 0.4) is 0 Å². The molecule has 0 saturated heterocycles. The summed E-state index contributed by atoms with van der Waals surface area (Å²) in [5.41, 5.74) is 2.88. The van der Waals surface area contributed by atoms with Crippen molar-refractivity contribution >= 4 is 5.69 Å². The number of hydrogen-bond donors (Lipinski definition) is 1. The van der Waals surface area contributed by atoms with E-state index < -0.39 is 6.10 Å². The minimum Gasteiger partial charge on any atom is -0.387 e. The highest BCUT2D eigenvalue weighted by Gasteiger charge is 2.13. The molecule has 0 aliphatic heterocycles. The van der Waals surface area contributed by atoms with Crippen LogP contribution in [0.4, 0.5) is 10.1 Å². The second kappa shape index (κ2) is 5.85. The smallest absolute Gasteiger partial charge is 0.123 e. The Kier molecular flexibility index (Phi) is 4.17. The molecule has 0 aliphatic carbocycles. The van der Waals surface area contributed by atoms with Crippen LogP contribution in [0.15, 0.2) is 48.5 Å².